The lowest BCUT2D eigenvalue weighted by molar-refractivity contribution is -0.120. The molecule has 2 fully saturated rings. The summed E-state index contributed by atoms with van der Waals surface area (Å²) in [5.74, 6) is 2.10. The van der Waals surface area contributed by atoms with E-state index in [0.29, 0.717) is 16.8 Å². The molecule has 1 saturated heterocycles. The number of hydrogen-bond donors (Lipinski definition) is 2. The molecule has 0 radical (unpaired) electrons. The van der Waals surface area contributed by atoms with Crippen LogP contribution in [0.5, 0.6) is 5.75 Å². The van der Waals surface area contributed by atoms with Crippen molar-refractivity contribution >= 4 is 29.0 Å². The summed E-state index contributed by atoms with van der Waals surface area (Å²) in [6.07, 6.45) is 3.74. The van der Waals surface area contributed by atoms with Gasteiger partial charge in [0.1, 0.15) is 22.5 Å². The van der Waals surface area contributed by atoms with Crippen LogP contribution in [-0.4, -0.2) is 34.1 Å². The summed E-state index contributed by atoms with van der Waals surface area (Å²) in [6, 6.07) is 8.58. The summed E-state index contributed by atoms with van der Waals surface area (Å²) in [4.78, 5) is 23.6. The van der Waals surface area contributed by atoms with Crippen LogP contribution in [0.2, 0.25) is 5.15 Å². The van der Waals surface area contributed by atoms with E-state index in [0.717, 1.165) is 50.4 Å². The van der Waals surface area contributed by atoms with Crippen LogP contribution < -0.4 is 10.2 Å². The van der Waals surface area contributed by atoms with Crippen LogP contribution in [0.25, 0.3) is 0 Å². The first kappa shape index (κ1) is 17.1. The van der Waals surface area contributed by atoms with Crippen LogP contribution in [0.3, 0.4) is 0 Å². The Morgan fingerprint density at radius 2 is 1.88 bits per heavy atom. The van der Waals surface area contributed by atoms with Gasteiger partial charge in [-0.1, -0.05) is 23.7 Å². The van der Waals surface area contributed by atoms with Crippen LogP contribution in [0, 0.1) is 5.92 Å². The fourth-order valence-electron chi connectivity index (χ4n) is 3.29. The number of para-hydroxylation sites is 2. The van der Waals surface area contributed by atoms with E-state index in [1.54, 1.807) is 30.3 Å². The van der Waals surface area contributed by atoms with Gasteiger partial charge in [-0.15, -0.1) is 0 Å². The highest BCUT2D eigenvalue weighted by atomic mass is 35.5. The van der Waals surface area contributed by atoms with Crippen molar-refractivity contribution in [3.8, 4) is 5.75 Å². The zero-order chi connectivity index (χ0) is 18.1. The highest BCUT2D eigenvalue weighted by Gasteiger charge is 2.30. The molecule has 1 saturated carbocycles. The number of benzene rings is 1. The summed E-state index contributed by atoms with van der Waals surface area (Å²) in [6.45, 7) is 1.49. The third kappa shape index (κ3) is 3.75. The number of amides is 1. The van der Waals surface area contributed by atoms with Crippen LogP contribution in [0.4, 0.5) is 11.5 Å². The number of aromatic nitrogens is 2. The monoisotopic (exact) mass is 372 g/mol. The fraction of sp³-hybridized carbons (Fsp3) is 0.421. The second kappa shape index (κ2) is 7.11. The number of halogens is 1. The normalized spacial score (nSPS) is 18.0. The second-order valence-corrected chi connectivity index (χ2v) is 7.34. The van der Waals surface area contributed by atoms with Crippen molar-refractivity contribution < 1.29 is 9.90 Å². The minimum Gasteiger partial charge on any atom is -0.506 e. The quantitative estimate of drug-likeness (QED) is 0.633. The molecule has 1 aromatic carbocycles. The minimum atomic E-state index is -0.0777. The Bertz CT molecular complexity index is 817. The summed E-state index contributed by atoms with van der Waals surface area (Å²) in [5, 5.41) is 13.1. The highest BCUT2D eigenvalue weighted by molar-refractivity contribution is 6.29. The molecule has 2 aliphatic rings. The topological polar surface area (TPSA) is 78.4 Å². The first-order valence-electron chi connectivity index (χ1n) is 8.98. The largest absolute Gasteiger partial charge is 0.506 e. The van der Waals surface area contributed by atoms with Gasteiger partial charge in [-0.25, -0.2) is 9.97 Å². The van der Waals surface area contributed by atoms with E-state index < -0.39 is 0 Å². The predicted octanol–water partition coefficient (Wildman–Crippen LogP) is 3.57. The fourth-order valence-corrected chi connectivity index (χ4v) is 3.48. The molecule has 1 aliphatic heterocycles. The van der Waals surface area contributed by atoms with Gasteiger partial charge >= 0.3 is 0 Å². The van der Waals surface area contributed by atoms with Crippen molar-refractivity contribution in [1.29, 1.82) is 0 Å². The number of carbonyl (C=O) groups is 1. The third-order valence-electron chi connectivity index (χ3n) is 4.99. The van der Waals surface area contributed by atoms with E-state index in [-0.39, 0.29) is 17.6 Å². The van der Waals surface area contributed by atoms with Gasteiger partial charge in [0.05, 0.1) is 5.69 Å². The number of rotatable bonds is 4. The van der Waals surface area contributed by atoms with Crippen molar-refractivity contribution in [3.05, 3.63) is 41.3 Å². The molecule has 2 aromatic rings. The van der Waals surface area contributed by atoms with Gasteiger partial charge in [0, 0.05) is 31.0 Å². The summed E-state index contributed by atoms with van der Waals surface area (Å²) < 4.78 is 0. The smallest absolute Gasteiger partial charge is 0.227 e. The molecule has 1 aliphatic carbocycles. The van der Waals surface area contributed by atoms with Crippen molar-refractivity contribution in [3.63, 3.8) is 0 Å². The van der Waals surface area contributed by atoms with Crippen LogP contribution in [-0.2, 0) is 4.79 Å². The molecule has 0 atom stereocenters. The third-order valence-corrected chi connectivity index (χ3v) is 5.19. The van der Waals surface area contributed by atoms with E-state index in [1.165, 1.54) is 0 Å². The number of anilines is 2. The van der Waals surface area contributed by atoms with Gasteiger partial charge < -0.3 is 15.3 Å². The molecule has 1 amide bonds. The zero-order valence-corrected chi connectivity index (χ0v) is 15.1. The molecular weight excluding hydrogens is 352 g/mol. The Morgan fingerprint density at radius 3 is 2.58 bits per heavy atom. The molecule has 0 spiro atoms. The zero-order valence-electron chi connectivity index (χ0n) is 14.4. The number of phenolic OH excluding ortho intramolecular Hbond substituents is 1. The Hall–Kier alpha value is -2.34. The lowest BCUT2D eigenvalue weighted by Crippen LogP contribution is -2.38. The molecule has 1 aromatic heterocycles. The summed E-state index contributed by atoms with van der Waals surface area (Å²) in [7, 11) is 0. The van der Waals surface area contributed by atoms with E-state index >= 15 is 0 Å². The summed E-state index contributed by atoms with van der Waals surface area (Å²) in [5.41, 5.74) is 0.455. The second-order valence-electron chi connectivity index (χ2n) is 6.95. The van der Waals surface area contributed by atoms with E-state index in [4.69, 9.17) is 11.6 Å². The molecule has 0 bridgehead atoms. The average molecular weight is 373 g/mol. The molecule has 6 nitrogen and oxygen atoms in total. The molecule has 136 valence electrons. The van der Waals surface area contributed by atoms with E-state index in [9.17, 15) is 9.90 Å². The molecule has 7 heteroatoms. The average Bonchev–Trinajstić information content (AvgIpc) is 3.48. The first-order chi connectivity index (χ1) is 12.6. The molecule has 4 rings (SSSR count). The van der Waals surface area contributed by atoms with Gasteiger partial charge in [0.15, 0.2) is 0 Å². The van der Waals surface area contributed by atoms with Crippen molar-refractivity contribution in [1.82, 2.24) is 9.97 Å². The molecule has 0 unspecified atom stereocenters. The maximum atomic E-state index is 12.5. The van der Waals surface area contributed by atoms with Gasteiger partial charge in [-0.3, -0.25) is 4.79 Å². The molecule has 2 heterocycles. The van der Waals surface area contributed by atoms with Crippen molar-refractivity contribution in [2.75, 3.05) is 23.3 Å². The Kier molecular flexibility index (Phi) is 4.68. The van der Waals surface area contributed by atoms with Crippen LogP contribution in [0.15, 0.2) is 30.3 Å². The standard InChI is InChI=1S/C19H21ClN4O2/c20-16-11-17(23-18(22-16)12-5-6-12)24-9-7-13(8-10-24)19(26)21-14-3-1-2-4-15(14)25/h1-4,11-13,25H,5-10H2,(H,21,26). The van der Waals surface area contributed by atoms with Gasteiger partial charge in [0.25, 0.3) is 0 Å². The number of piperidine rings is 1. The SMILES string of the molecule is O=C(Nc1ccccc1O)C1CCN(c2cc(Cl)nc(C3CC3)n2)CC1. The van der Waals surface area contributed by atoms with Crippen molar-refractivity contribution in [2.45, 2.75) is 31.6 Å². The maximum Gasteiger partial charge on any atom is 0.227 e. The summed E-state index contributed by atoms with van der Waals surface area (Å²) >= 11 is 6.16. The maximum absolute atomic E-state index is 12.5. The lowest BCUT2D eigenvalue weighted by atomic mass is 9.95. The Labute approximate surface area is 157 Å². The minimum absolute atomic E-state index is 0.0504. The molecule has 26 heavy (non-hydrogen) atoms. The number of carbonyl (C=O) groups excluding carboxylic acids is 1. The first-order valence-corrected chi connectivity index (χ1v) is 9.36. The number of phenols is 1. The number of hydrogen-bond acceptors (Lipinski definition) is 5. The van der Waals surface area contributed by atoms with Crippen molar-refractivity contribution in [2.24, 2.45) is 5.92 Å². The molecule has 2 N–H and O–H groups in total. The number of aromatic hydroxyl groups is 1. The van der Waals surface area contributed by atoms with E-state index in [2.05, 4.69) is 20.2 Å². The van der Waals surface area contributed by atoms with E-state index in [1.807, 2.05) is 0 Å². The Balaban J connectivity index is 1.38. The highest BCUT2D eigenvalue weighted by Crippen LogP contribution is 2.39. The van der Waals surface area contributed by atoms with Crippen LogP contribution >= 0.6 is 11.6 Å². The number of nitrogens with one attached hydrogen (secondary N) is 1. The van der Waals surface area contributed by atoms with Crippen LogP contribution in [0.1, 0.15) is 37.4 Å². The lowest BCUT2D eigenvalue weighted by Gasteiger charge is -2.32. The van der Waals surface area contributed by atoms with Gasteiger partial charge in [0.2, 0.25) is 5.91 Å². The number of nitrogens with zero attached hydrogens (tertiary/aromatic N) is 3. The predicted molar refractivity (Wildman–Crippen MR) is 101 cm³/mol. The Morgan fingerprint density at radius 1 is 1.15 bits per heavy atom. The van der Waals surface area contributed by atoms with Gasteiger partial charge in [-0.2, -0.15) is 0 Å². The molecular formula is C19H21ClN4O2. The van der Waals surface area contributed by atoms with Gasteiger partial charge in [-0.05, 0) is 37.8 Å².